The molecule has 154 valence electrons. The zero-order chi connectivity index (χ0) is 18.8. The number of ether oxygens (including phenoxy) is 1. The summed E-state index contributed by atoms with van der Waals surface area (Å²) >= 11 is 0. The van der Waals surface area contributed by atoms with E-state index in [9.17, 15) is 0 Å². The third-order valence-corrected chi connectivity index (χ3v) is 4.75. The van der Waals surface area contributed by atoms with E-state index in [-0.39, 0.29) is 24.0 Å². The van der Waals surface area contributed by atoms with E-state index in [1.165, 1.54) is 5.69 Å². The largest absolute Gasteiger partial charge is 0.497 e. The second-order valence-electron chi connectivity index (χ2n) is 7.26. The molecule has 0 spiro atoms. The highest BCUT2D eigenvalue weighted by molar-refractivity contribution is 14.0. The number of hydrogen-bond acceptors (Lipinski definition) is 4. The zero-order valence-electron chi connectivity index (χ0n) is 17.0. The number of nitrogens with one attached hydrogen (secondary N) is 1. The molecule has 0 atom stereocenters. The van der Waals surface area contributed by atoms with E-state index < -0.39 is 0 Å². The Bertz CT molecular complexity index is 542. The fraction of sp³-hybridized carbons (Fsp3) is 0.650. The molecule has 0 radical (unpaired) electrons. The van der Waals surface area contributed by atoms with Gasteiger partial charge < -0.3 is 20.7 Å². The fourth-order valence-corrected chi connectivity index (χ4v) is 3.06. The molecular formula is C20H36IN5O. The number of halogens is 1. The van der Waals surface area contributed by atoms with Crippen molar-refractivity contribution in [3.8, 4) is 5.75 Å². The number of nitrogens with zero attached hydrogens (tertiary/aromatic N) is 3. The molecule has 0 bridgehead atoms. The summed E-state index contributed by atoms with van der Waals surface area (Å²) in [5.74, 6) is 2.17. The van der Waals surface area contributed by atoms with Crippen LogP contribution in [0.25, 0.3) is 0 Å². The number of anilines is 1. The summed E-state index contributed by atoms with van der Waals surface area (Å²) in [4.78, 5) is 9.37. The topological polar surface area (TPSA) is 66.1 Å². The van der Waals surface area contributed by atoms with E-state index in [2.05, 4.69) is 46.1 Å². The molecule has 7 heteroatoms. The molecule has 2 rings (SSSR count). The van der Waals surface area contributed by atoms with Crippen molar-refractivity contribution >= 4 is 35.6 Å². The minimum absolute atomic E-state index is 0. The summed E-state index contributed by atoms with van der Waals surface area (Å²) in [5, 5.41) is 3.18. The Morgan fingerprint density at radius 1 is 1.19 bits per heavy atom. The minimum Gasteiger partial charge on any atom is -0.497 e. The monoisotopic (exact) mass is 489 g/mol. The first-order valence-electron chi connectivity index (χ1n) is 9.73. The fourth-order valence-electron chi connectivity index (χ4n) is 3.06. The van der Waals surface area contributed by atoms with Gasteiger partial charge in [-0.1, -0.05) is 13.8 Å². The molecule has 0 amide bonds. The van der Waals surface area contributed by atoms with Crippen LogP contribution >= 0.6 is 24.0 Å². The SMILES string of the molecule is COc1ccc(N2CCN(CCCN=C(N)NCCC(C)C)CC2)cc1.I. The Kier molecular flexibility index (Phi) is 11.5. The van der Waals surface area contributed by atoms with Gasteiger partial charge in [0.25, 0.3) is 0 Å². The molecule has 1 heterocycles. The normalized spacial score (nSPS) is 15.6. The van der Waals surface area contributed by atoms with Gasteiger partial charge in [-0.05, 0) is 43.0 Å². The van der Waals surface area contributed by atoms with Gasteiger partial charge in [-0.25, -0.2) is 0 Å². The summed E-state index contributed by atoms with van der Waals surface area (Å²) in [6.07, 6.45) is 2.17. The van der Waals surface area contributed by atoms with Gasteiger partial charge in [-0.3, -0.25) is 9.89 Å². The first kappa shape index (κ1) is 23.8. The van der Waals surface area contributed by atoms with Crippen LogP contribution in [0.5, 0.6) is 5.75 Å². The predicted octanol–water partition coefficient (Wildman–Crippen LogP) is 2.78. The van der Waals surface area contributed by atoms with Gasteiger partial charge in [-0.2, -0.15) is 0 Å². The number of rotatable bonds is 9. The average Bonchev–Trinajstić information content (AvgIpc) is 2.65. The van der Waals surface area contributed by atoms with Crippen LogP contribution in [-0.4, -0.2) is 63.8 Å². The molecule has 6 nitrogen and oxygen atoms in total. The summed E-state index contributed by atoms with van der Waals surface area (Å²) in [6, 6.07) is 8.33. The summed E-state index contributed by atoms with van der Waals surface area (Å²) < 4.78 is 5.23. The third-order valence-electron chi connectivity index (χ3n) is 4.75. The maximum absolute atomic E-state index is 5.89. The first-order chi connectivity index (χ1) is 12.6. The first-order valence-corrected chi connectivity index (χ1v) is 9.73. The second kappa shape index (κ2) is 13.0. The number of aliphatic imine (C=N–C) groups is 1. The van der Waals surface area contributed by atoms with E-state index in [4.69, 9.17) is 10.5 Å². The van der Waals surface area contributed by atoms with Gasteiger partial charge in [0.1, 0.15) is 5.75 Å². The minimum atomic E-state index is 0. The summed E-state index contributed by atoms with van der Waals surface area (Å²) in [5.41, 5.74) is 7.17. The zero-order valence-corrected chi connectivity index (χ0v) is 19.3. The Hall–Kier alpha value is -1.22. The number of methoxy groups -OCH3 is 1. The molecular weight excluding hydrogens is 453 g/mol. The number of hydrogen-bond donors (Lipinski definition) is 2. The van der Waals surface area contributed by atoms with Gasteiger partial charge in [0.2, 0.25) is 0 Å². The molecule has 0 aliphatic carbocycles. The predicted molar refractivity (Wildman–Crippen MR) is 126 cm³/mol. The van der Waals surface area contributed by atoms with Crippen molar-refractivity contribution in [2.45, 2.75) is 26.7 Å². The molecule has 1 aliphatic heterocycles. The molecule has 1 fully saturated rings. The molecule has 1 aromatic carbocycles. The molecule has 27 heavy (non-hydrogen) atoms. The van der Waals surface area contributed by atoms with E-state index in [1.807, 2.05) is 12.1 Å². The molecule has 1 aromatic rings. The van der Waals surface area contributed by atoms with Crippen molar-refractivity contribution in [3.63, 3.8) is 0 Å². The number of benzene rings is 1. The highest BCUT2D eigenvalue weighted by Crippen LogP contribution is 2.20. The van der Waals surface area contributed by atoms with Gasteiger partial charge in [0.05, 0.1) is 7.11 Å². The second-order valence-corrected chi connectivity index (χ2v) is 7.26. The van der Waals surface area contributed by atoms with Gasteiger partial charge in [0, 0.05) is 51.5 Å². The van der Waals surface area contributed by atoms with Crippen molar-refractivity contribution in [2.24, 2.45) is 16.6 Å². The lowest BCUT2D eigenvalue weighted by atomic mass is 10.1. The maximum Gasteiger partial charge on any atom is 0.188 e. The average molecular weight is 489 g/mol. The van der Waals surface area contributed by atoms with Crippen molar-refractivity contribution in [1.29, 1.82) is 0 Å². The molecule has 1 aliphatic rings. The van der Waals surface area contributed by atoms with E-state index >= 15 is 0 Å². The lowest BCUT2D eigenvalue weighted by Crippen LogP contribution is -2.46. The molecule has 3 N–H and O–H groups in total. The van der Waals surface area contributed by atoms with Crippen LogP contribution in [0.1, 0.15) is 26.7 Å². The van der Waals surface area contributed by atoms with Crippen LogP contribution in [0.4, 0.5) is 5.69 Å². The Labute approximate surface area is 181 Å². The molecule has 1 saturated heterocycles. The van der Waals surface area contributed by atoms with Crippen molar-refractivity contribution in [1.82, 2.24) is 10.2 Å². The van der Waals surface area contributed by atoms with Crippen molar-refractivity contribution in [2.75, 3.05) is 57.8 Å². The van der Waals surface area contributed by atoms with Crippen LogP contribution in [0, 0.1) is 5.92 Å². The standard InChI is InChI=1S/C20H35N5O.HI/c1-17(2)9-11-23-20(21)22-10-4-12-24-13-15-25(16-14-24)18-5-7-19(26-3)8-6-18;/h5-8,17H,4,9-16H2,1-3H3,(H3,21,22,23);1H. The van der Waals surface area contributed by atoms with Crippen molar-refractivity contribution in [3.05, 3.63) is 24.3 Å². The van der Waals surface area contributed by atoms with Gasteiger partial charge in [-0.15, -0.1) is 24.0 Å². The molecule has 0 saturated carbocycles. The van der Waals surface area contributed by atoms with Crippen molar-refractivity contribution < 1.29 is 4.74 Å². The highest BCUT2D eigenvalue weighted by atomic mass is 127. The van der Waals surface area contributed by atoms with E-state index in [1.54, 1.807) is 7.11 Å². The van der Waals surface area contributed by atoms with Crippen LogP contribution < -0.4 is 20.7 Å². The van der Waals surface area contributed by atoms with Crippen LogP contribution in [0.15, 0.2) is 29.3 Å². The van der Waals surface area contributed by atoms with Crippen LogP contribution in [0.2, 0.25) is 0 Å². The lowest BCUT2D eigenvalue weighted by molar-refractivity contribution is 0.256. The quantitative estimate of drug-likeness (QED) is 0.242. The Balaban J connectivity index is 0.00000364. The summed E-state index contributed by atoms with van der Waals surface area (Å²) in [6.45, 7) is 11.5. The Morgan fingerprint density at radius 2 is 1.85 bits per heavy atom. The van der Waals surface area contributed by atoms with E-state index in [0.29, 0.717) is 11.9 Å². The number of nitrogens with two attached hydrogens (primary N) is 1. The Morgan fingerprint density at radius 3 is 2.44 bits per heavy atom. The smallest absolute Gasteiger partial charge is 0.188 e. The highest BCUT2D eigenvalue weighted by Gasteiger charge is 2.16. The third kappa shape index (κ3) is 9.01. The maximum atomic E-state index is 5.89. The van der Waals surface area contributed by atoms with Crippen LogP contribution in [0.3, 0.4) is 0 Å². The summed E-state index contributed by atoms with van der Waals surface area (Å²) in [7, 11) is 1.70. The lowest BCUT2D eigenvalue weighted by Gasteiger charge is -2.36. The number of piperazine rings is 1. The van der Waals surface area contributed by atoms with E-state index in [0.717, 1.165) is 64.4 Å². The molecule has 0 aromatic heterocycles. The van der Waals surface area contributed by atoms with Gasteiger partial charge in [0.15, 0.2) is 5.96 Å². The van der Waals surface area contributed by atoms with Crippen LogP contribution in [-0.2, 0) is 0 Å². The molecule has 0 unspecified atom stereocenters. The van der Waals surface area contributed by atoms with Gasteiger partial charge >= 0.3 is 0 Å². The number of guanidine groups is 1.